The van der Waals surface area contributed by atoms with Gasteiger partial charge in [-0.3, -0.25) is 0 Å². The molecule has 0 spiro atoms. The van der Waals surface area contributed by atoms with Gasteiger partial charge in [0.15, 0.2) is 5.84 Å². The van der Waals surface area contributed by atoms with Gasteiger partial charge in [0.1, 0.15) is 22.1 Å². The van der Waals surface area contributed by atoms with Crippen molar-refractivity contribution in [2.75, 3.05) is 18.6 Å². The van der Waals surface area contributed by atoms with Crippen molar-refractivity contribution < 1.29 is 27.4 Å². The first kappa shape index (κ1) is 27.9. The summed E-state index contributed by atoms with van der Waals surface area (Å²) in [5, 5.41) is 0. The molecule has 0 aliphatic carbocycles. The zero-order chi connectivity index (χ0) is 28.8. The minimum atomic E-state index is -3.83. The molecule has 0 amide bonds. The molecule has 0 N–H and O–H groups in total. The van der Waals surface area contributed by atoms with Crippen LogP contribution in [0.1, 0.15) is 41.3 Å². The van der Waals surface area contributed by atoms with E-state index in [0.717, 1.165) is 24.2 Å². The van der Waals surface area contributed by atoms with Crippen LogP contribution in [0, 0.1) is 0 Å². The fourth-order valence-electron chi connectivity index (χ4n) is 4.37. The van der Waals surface area contributed by atoms with Gasteiger partial charge < -0.3 is 19.1 Å². The fourth-order valence-corrected chi connectivity index (χ4v) is 5.58. The number of esters is 1. The third-order valence-electron chi connectivity index (χ3n) is 6.58. The maximum Gasteiger partial charge on any atom is 0.343 e. The number of rotatable bonds is 10. The molecule has 0 unspecified atom stereocenters. The second-order valence-electron chi connectivity index (χ2n) is 9.43. The quantitative estimate of drug-likeness (QED) is 0.126. The summed E-state index contributed by atoms with van der Waals surface area (Å²) in [6.07, 6.45) is 2.01. The summed E-state index contributed by atoms with van der Waals surface area (Å²) < 4.78 is 46.3. The first-order chi connectivity index (χ1) is 19.9. The number of carbonyl (C=O) groups is 1. The number of carbonyl (C=O) groups excluding carboxylic acids is 1. The van der Waals surface area contributed by atoms with Gasteiger partial charge in [-0.25, -0.2) is 4.79 Å². The number of amidine groups is 1. The molecule has 0 saturated heterocycles. The van der Waals surface area contributed by atoms with Gasteiger partial charge in [0.2, 0.25) is 0 Å². The Hall–Kier alpha value is -4.63. The normalized spacial score (nSPS) is 13.2. The van der Waals surface area contributed by atoms with Crippen molar-refractivity contribution in [2.45, 2.75) is 31.2 Å². The number of hydrogen-bond donors (Lipinski definition) is 0. The lowest BCUT2D eigenvalue weighted by Crippen LogP contribution is -2.30. The largest absolute Gasteiger partial charge is 0.497 e. The molecule has 0 radical (unpaired) electrons. The van der Waals surface area contributed by atoms with Crippen LogP contribution in [0.2, 0.25) is 0 Å². The second-order valence-corrected chi connectivity index (χ2v) is 11.0. The van der Waals surface area contributed by atoms with E-state index in [2.05, 4.69) is 11.3 Å². The highest BCUT2D eigenvalue weighted by Crippen LogP contribution is 2.32. The van der Waals surface area contributed by atoms with E-state index >= 15 is 0 Å². The number of anilines is 1. The fraction of sp³-hybridized carbons (Fsp3) is 0.188. The first-order valence-corrected chi connectivity index (χ1v) is 14.7. The van der Waals surface area contributed by atoms with Crippen molar-refractivity contribution in [1.29, 1.82) is 0 Å². The van der Waals surface area contributed by atoms with Crippen molar-refractivity contribution >= 4 is 27.5 Å². The molecule has 1 heterocycles. The zero-order valence-corrected chi connectivity index (χ0v) is 23.6. The number of hydrogen-bond acceptors (Lipinski definition) is 7. The molecule has 4 aromatic rings. The number of unbranched alkanes of at least 4 members (excludes halogenated alkanes) is 1. The van der Waals surface area contributed by atoms with Gasteiger partial charge in [-0.05, 0) is 84.8 Å². The van der Waals surface area contributed by atoms with Gasteiger partial charge in [-0.1, -0.05) is 37.6 Å². The highest BCUT2D eigenvalue weighted by Gasteiger charge is 2.32. The Kier molecular flexibility index (Phi) is 8.35. The van der Waals surface area contributed by atoms with Gasteiger partial charge in [0.25, 0.3) is 10.0 Å². The molecular formula is C32H30N2O6S. The van der Waals surface area contributed by atoms with Crippen LogP contribution in [0.4, 0.5) is 5.69 Å². The van der Waals surface area contributed by atoms with E-state index in [1.54, 1.807) is 79.9 Å². The summed E-state index contributed by atoms with van der Waals surface area (Å²) >= 11 is 0. The predicted molar refractivity (Wildman–Crippen MR) is 158 cm³/mol. The third kappa shape index (κ3) is 6.41. The molecular weight excluding hydrogens is 540 g/mol. The van der Waals surface area contributed by atoms with Crippen LogP contribution < -0.4 is 19.1 Å². The topological polar surface area (TPSA) is 94.5 Å². The molecule has 0 aromatic heterocycles. The lowest BCUT2D eigenvalue weighted by atomic mass is 10.1. The van der Waals surface area contributed by atoms with Gasteiger partial charge in [0.05, 0.1) is 19.3 Å². The van der Waals surface area contributed by atoms with Gasteiger partial charge >= 0.3 is 5.97 Å². The van der Waals surface area contributed by atoms with Crippen molar-refractivity contribution in [2.24, 2.45) is 4.40 Å². The van der Waals surface area contributed by atoms with E-state index in [9.17, 15) is 13.2 Å². The van der Waals surface area contributed by atoms with Crippen LogP contribution in [-0.2, 0) is 16.6 Å². The Balaban J connectivity index is 1.38. The summed E-state index contributed by atoms with van der Waals surface area (Å²) in [6.45, 7) is 3.07. The lowest BCUT2D eigenvalue weighted by Gasteiger charge is -2.25. The van der Waals surface area contributed by atoms with Crippen molar-refractivity contribution in [1.82, 2.24) is 0 Å². The second kappa shape index (κ2) is 12.3. The van der Waals surface area contributed by atoms with Crippen LogP contribution in [-0.4, -0.2) is 33.9 Å². The molecule has 41 heavy (non-hydrogen) atoms. The van der Waals surface area contributed by atoms with Gasteiger partial charge in [0, 0.05) is 17.8 Å². The molecule has 9 heteroatoms. The Morgan fingerprint density at radius 1 is 0.829 bits per heavy atom. The van der Waals surface area contributed by atoms with E-state index in [4.69, 9.17) is 14.2 Å². The van der Waals surface area contributed by atoms with Crippen LogP contribution in [0.15, 0.2) is 106 Å². The molecule has 0 fully saturated rings. The van der Waals surface area contributed by atoms with Crippen LogP contribution >= 0.6 is 0 Å². The van der Waals surface area contributed by atoms with Crippen LogP contribution in [0.3, 0.4) is 0 Å². The molecule has 0 saturated carbocycles. The summed E-state index contributed by atoms with van der Waals surface area (Å²) in [7, 11) is -2.23. The highest BCUT2D eigenvalue weighted by molar-refractivity contribution is 7.90. The molecule has 8 nitrogen and oxygen atoms in total. The van der Waals surface area contributed by atoms with Crippen molar-refractivity contribution in [3.8, 4) is 17.2 Å². The summed E-state index contributed by atoms with van der Waals surface area (Å²) in [5.74, 6) is 1.61. The monoisotopic (exact) mass is 570 g/mol. The first-order valence-electron chi connectivity index (χ1n) is 13.3. The maximum atomic E-state index is 12.8. The Labute approximate surface area is 239 Å². The molecule has 210 valence electrons. The Morgan fingerprint density at radius 3 is 2.17 bits per heavy atom. The average Bonchev–Trinajstić information content (AvgIpc) is 3.27. The summed E-state index contributed by atoms with van der Waals surface area (Å²) in [5.41, 5.74) is 2.53. The number of nitrogens with zero attached hydrogens (tertiary/aromatic N) is 2. The number of fused-ring (bicyclic) bond motifs is 1. The Morgan fingerprint density at radius 2 is 1.49 bits per heavy atom. The van der Waals surface area contributed by atoms with E-state index in [1.807, 2.05) is 29.2 Å². The van der Waals surface area contributed by atoms with Crippen molar-refractivity contribution in [3.05, 3.63) is 114 Å². The number of methoxy groups -OCH3 is 1. The van der Waals surface area contributed by atoms with Crippen molar-refractivity contribution in [3.63, 3.8) is 0 Å². The maximum absolute atomic E-state index is 12.8. The van der Waals surface area contributed by atoms with Crippen LogP contribution in [0.25, 0.3) is 0 Å². The predicted octanol–water partition coefficient (Wildman–Crippen LogP) is 6.25. The minimum Gasteiger partial charge on any atom is -0.497 e. The smallest absolute Gasteiger partial charge is 0.343 e. The SMILES string of the molecule is CCCCOc1ccc(C(=O)Oc2ccc(N(Cc3ccc(OC)cc3)C3=NS(=O)(=O)c4ccccc43)cc2)cc1. The third-order valence-corrected chi connectivity index (χ3v) is 7.91. The molecule has 1 aliphatic rings. The minimum absolute atomic E-state index is 0.169. The highest BCUT2D eigenvalue weighted by atomic mass is 32.2. The van der Waals surface area contributed by atoms with E-state index in [1.165, 1.54) is 0 Å². The summed E-state index contributed by atoms with van der Waals surface area (Å²) in [6, 6.07) is 28.0. The number of sulfonamides is 1. The summed E-state index contributed by atoms with van der Waals surface area (Å²) in [4.78, 5) is 14.7. The van der Waals surface area contributed by atoms with E-state index in [-0.39, 0.29) is 4.90 Å². The van der Waals surface area contributed by atoms with Crippen LogP contribution in [0.5, 0.6) is 17.2 Å². The number of benzene rings is 4. The molecule has 5 rings (SSSR count). The van der Waals surface area contributed by atoms with Gasteiger partial charge in [-0.15, -0.1) is 4.40 Å². The zero-order valence-electron chi connectivity index (χ0n) is 22.8. The number of ether oxygens (including phenoxy) is 3. The molecule has 0 bridgehead atoms. The Bertz CT molecular complexity index is 1650. The standard InChI is InChI=1S/C32H30N2O6S/c1-3-4-21-39-27-17-11-24(12-18-27)32(35)40-28-19-13-25(14-20-28)34(22-23-9-15-26(38-2)16-10-23)31-29-7-5-6-8-30(29)41(36,37)33-31/h5-20H,3-4,21-22H2,1-2H3. The average molecular weight is 571 g/mol. The van der Waals surface area contributed by atoms with E-state index in [0.29, 0.717) is 47.3 Å². The molecule has 4 aromatic carbocycles. The molecule has 1 aliphatic heterocycles. The lowest BCUT2D eigenvalue weighted by molar-refractivity contribution is 0.0734. The van der Waals surface area contributed by atoms with Gasteiger partial charge in [-0.2, -0.15) is 8.42 Å². The molecule has 0 atom stereocenters. The van der Waals surface area contributed by atoms with E-state index < -0.39 is 16.0 Å².